The Kier molecular flexibility index (Phi) is 5.69. The molecule has 8 nitrogen and oxygen atoms in total. The van der Waals surface area contributed by atoms with Crippen molar-refractivity contribution in [3.63, 3.8) is 0 Å². The molecule has 0 fully saturated rings. The van der Waals surface area contributed by atoms with E-state index < -0.39 is 5.97 Å². The number of hydrogen-bond acceptors (Lipinski definition) is 7. The van der Waals surface area contributed by atoms with Crippen LogP contribution in [0.4, 0.5) is 5.69 Å². The average Bonchev–Trinajstić information content (AvgIpc) is 3.13. The number of methoxy groups -OCH3 is 1. The number of anilines is 1. The normalized spacial score (nSPS) is 11.1. The van der Waals surface area contributed by atoms with Gasteiger partial charge in [-0.2, -0.15) is 10.4 Å². The zero-order valence-electron chi connectivity index (χ0n) is 13.1. The van der Waals surface area contributed by atoms with E-state index in [4.69, 9.17) is 14.4 Å². The lowest BCUT2D eigenvalue weighted by Crippen LogP contribution is -2.31. The lowest BCUT2D eigenvalue weighted by Gasteiger charge is -2.13. The number of likely N-dealkylation sites (N-methyl/N-ethyl adjacent to an activating group) is 1. The molecule has 24 heavy (non-hydrogen) atoms. The van der Waals surface area contributed by atoms with E-state index in [1.165, 1.54) is 24.6 Å². The van der Waals surface area contributed by atoms with Crippen LogP contribution in [0.25, 0.3) is 0 Å². The number of carbonyl (C=O) groups is 1. The van der Waals surface area contributed by atoms with Crippen LogP contribution in [0, 0.1) is 11.3 Å². The first kappa shape index (κ1) is 16.8. The Hall–Kier alpha value is -3.60. The number of carbonyl (C=O) groups excluding carboxylic acids is 1. The van der Waals surface area contributed by atoms with Crippen LogP contribution in [0.1, 0.15) is 11.3 Å². The molecule has 2 rings (SSSR count). The molecule has 1 aromatic heterocycles. The Morgan fingerprint density at radius 3 is 2.71 bits per heavy atom. The first-order chi connectivity index (χ1) is 11.6. The molecule has 0 unspecified atom stereocenters. The van der Waals surface area contributed by atoms with Crippen molar-refractivity contribution in [2.24, 2.45) is 10.2 Å². The molecule has 0 radical (unpaired) electrons. The Morgan fingerprint density at radius 1 is 1.38 bits per heavy atom. The summed E-state index contributed by atoms with van der Waals surface area (Å²) in [5, 5.41) is 18.1. The zero-order chi connectivity index (χ0) is 17.4. The van der Waals surface area contributed by atoms with E-state index in [0.29, 0.717) is 17.0 Å². The van der Waals surface area contributed by atoms with Crippen LogP contribution in [0.5, 0.6) is 0 Å². The van der Waals surface area contributed by atoms with E-state index in [9.17, 15) is 4.79 Å². The minimum Gasteiger partial charge on any atom is -0.463 e. The summed E-state index contributed by atoms with van der Waals surface area (Å²) < 4.78 is 9.83. The molecule has 0 saturated heterocycles. The molecule has 0 spiro atoms. The van der Waals surface area contributed by atoms with Crippen molar-refractivity contribution in [3.05, 3.63) is 54.0 Å². The van der Waals surface area contributed by atoms with Crippen LogP contribution in [0.3, 0.4) is 0 Å². The molecule has 0 bridgehead atoms. The minimum absolute atomic E-state index is 0.0512. The summed E-state index contributed by atoms with van der Waals surface area (Å²) >= 11 is 0. The van der Waals surface area contributed by atoms with Crippen molar-refractivity contribution in [1.82, 2.24) is 5.01 Å². The van der Waals surface area contributed by atoms with Gasteiger partial charge in [0, 0.05) is 7.05 Å². The highest BCUT2D eigenvalue weighted by atomic mass is 16.5. The molecule has 2 aromatic rings. The maximum absolute atomic E-state index is 11.9. The number of hydrazone groups is 2. The van der Waals surface area contributed by atoms with E-state index in [0.717, 1.165) is 0 Å². The molecule has 0 atom stereocenters. The third-order valence-corrected chi connectivity index (χ3v) is 2.88. The molecule has 0 aliphatic rings. The van der Waals surface area contributed by atoms with Crippen molar-refractivity contribution >= 4 is 23.7 Å². The topological polar surface area (TPSA) is 103 Å². The molecular formula is C16H15N5O3. The molecule has 0 saturated carbocycles. The number of rotatable bonds is 4. The summed E-state index contributed by atoms with van der Waals surface area (Å²) in [6.07, 6.45) is 2.96. The van der Waals surface area contributed by atoms with Crippen molar-refractivity contribution in [2.45, 2.75) is 0 Å². The first-order valence-electron chi connectivity index (χ1n) is 6.87. The van der Waals surface area contributed by atoms with Crippen LogP contribution >= 0.6 is 0 Å². The van der Waals surface area contributed by atoms with Gasteiger partial charge in [0.2, 0.25) is 0 Å². The van der Waals surface area contributed by atoms with Gasteiger partial charge in [0.15, 0.2) is 0 Å². The summed E-state index contributed by atoms with van der Waals surface area (Å²) in [6, 6.07) is 12.1. The van der Waals surface area contributed by atoms with Gasteiger partial charge in [-0.25, -0.2) is 9.80 Å². The molecule has 0 aliphatic heterocycles. The number of hydrogen-bond donors (Lipinski definition) is 1. The SMILES string of the molecule is COC(=O)/C(=N/Nc1ccc(C#N)cc1)N(C)/N=C/c1ccco1. The predicted octanol–water partition coefficient (Wildman–Crippen LogP) is 2.02. The molecular weight excluding hydrogens is 310 g/mol. The molecule has 1 aromatic carbocycles. The Morgan fingerprint density at radius 2 is 2.12 bits per heavy atom. The highest BCUT2D eigenvalue weighted by Gasteiger charge is 2.17. The maximum Gasteiger partial charge on any atom is 0.377 e. The lowest BCUT2D eigenvalue weighted by molar-refractivity contribution is -0.133. The standard InChI is InChI=1S/C16H15N5O3/c1-21(18-11-14-4-3-9-24-14)15(16(22)23-2)20-19-13-7-5-12(10-17)6-8-13/h3-9,11,19H,1-2H3/b18-11+,20-15-. The van der Waals surface area contributed by atoms with Crippen molar-refractivity contribution in [3.8, 4) is 6.07 Å². The number of amidine groups is 1. The van der Waals surface area contributed by atoms with Gasteiger partial charge in [-0.1, -0.05) is 0 Å². The van der Waals surface area contributed by atoms with Gasteiger partial charge in [-0.05, 0) is 36.4 Å². The second-order valence-corrected chi connectivity index (χ2v) is 4.51. The number of ether oxygens (including phenoxy) is 1. The van der Waals surface area contributed by atoms with Crippen molar-refractivity contribution in [1.29, 1.82) is 5.26 Å². The second kappa shape index (κ2) is 8.14. The number of benzene rings is 1. The molecule has 0 aliphatic carbocycles. The van der Waals surface area contributed by atoms with E-state index in [1.807, 2.05) is 6.07 Å². The molecule has 1 heterocycles. The molecule has 122 valence electrons. The highest BCUT2D eigenvalue weighted by molar-refractivity contribution is 6.35. The van der Waals surface area contributed by atoms with Gasteiger partial charge in [0.1, 0.15) is 5.76 Å². The average molecular weight is 325 g/mol. The highest BCUT2D eigenvalue weighted by Crippen LogP contribution is 2.09. The fraction of sp³-hybridized carbons (Fsp3) is 0.125. The number of nitrogens with one attached hydrogen (secondary N) is 1. The monoisotopic (exact) mass is 325 g/mol. The number of furan rings is 1. The van der Waals surface area contributed by atoms with Gasteiger partial charge >= 0.3 is 5.97 Å². The molecule has 8 heteroatoms. The van der Waals surface area contributed by atoms with Gasteiger partial charge in [0.05, 0.1) is 36.9 Å². The van der Waals surface area contributed by atoms with Crippen molar-refractivity contribution < 1.29 is 13.9 Å². The second-order valence-electron chi connectivity index (χ2n) is 4.51. The van der Waals surface area contributed by atoms with Crippen LogP contribution in [0.15, 0.2) is 57.3 Å². The summed E-state index contributed by atoms with van der Waals surface area (Å²) in [5.41, 5.74) is 3.86. The van der Waals surface area contributed by atoms with Crippen LogP contribution in [-0.2, 0) is 9.53 Å². The van der Waals surface area contributed by atoms with Crippen LogP contribution in [-0.4, -0.2) is 37.2 Å². The van der Waals surface area contributed by atoms with Gasteiger partial charge < -0.3 is 9.15 Å². The van der Waals surface area contributed by atoms with Crippen LogP contribution in [0.2, 0.25) is 0 Å². The summed E-state index contributed by atoms with van der Waals surface area (Å²) in [4.78, 5) is 11.9. The Labute approximate surface area is 138 Å². The number of esters is 1. The van der Waals surface area contributed by atoms with Gasteiger partial charge in [0.25, 0.3) is 5.84 Å². The third-order valence-electron chi connectivity index (χ3n) is 2.88. The van der Waals surface area contributed by atoms with Gasteiger partial charge in [-0.3, -0.25) is 5.43 Å². The predicted molar refractivity (Wildman–Crippen MR) is 88.3 cm³/mol. The fourth-order valence-corrected chi connectivity index (χ4v) is 1.64. The molecule has 0 amide bonds. The van der Waals surface area contributed by atoms with E-state index in [2.05, 4.69) is 15.6 Å². The quantitative estimate of drug-likeness (QED) is 0.399. The first-order valence-corrected chi connectivity index (χ1v) is 6.87. The molecule has 1 N–H and O–H groups in total. The summed E-state index contributed by atoms with van der Waals surface area (Å²) in [5.74, 6) is -0.175. The Bertz CT molecular complexity index is 773. The smallest absolute Gasteiger partial charge is 0.377 e. The van der Waals surface area contributed by atoms with E-state index >= 15 is 0 Å². The van der Waals surface area contributed by atoms with E-state index in [1.54, 1.807) is 43.4 Å². The largest absolute Gasteiger partial charge is 0.463 e. The number of nitrogens with zero attached hydrogens (tertiary/aromatic N) is 4. The third kappa shape index (κ3) is 4.45. The van der Waals surface area contributed by atoms with Crippen LogP contribution < -0.4 is 5.43 Å². The van der Waals surface area contributed by atoms with Crippen molar-refractivity contribution in [2.75, 3.05) is 19.6 Å². The fourth-order valence-electron chi connectivity index (χ4n) is 1.64. The maximum atomic E-state index is 11.9. The van der Waals surface area contributed by atoms with Gasteiger partial charge in [-0.15, -0.1) is 5.10 Å². The Balaban J connectivity index is 2.14. The minimum atomic E-state index is -0.657. The zero-order valence-corrected chi connectivity index (χ0v) is 13.1. The number of nitriles is 1. The summed E-state index contributed by atoms with van der Waals surface area (Å²) in [6.45, 7) is 0. The summed E-state index contributed by atoms with van der Waals surface area (Å²) in [7, 11) is 2.80. The van der Waals surface area contributed by atoms with E-state index in [-0.39, 0.29) is 5.84 Å². The lowest BCUT2D eigenvalue weighted by atomic mass is 10.2.